The molecule has 1 aliphatic heterocycles. The van der Waals surface area contributed by atoms with Gasteiger partial charge in [-0.15, -0.1) is 0 Å². The number of amides is 1. The lowest BCUT2D eigenvalue weighted by atomic mass is 10.1. The van der Waals surface area contributed by atoms with Gasteiger partial charge in [0.15, 0.2) is 0 Å². The maximum absolute atomic E-state index is 11.8. The number of alkyl halides is 3. The molecule has 0 bridgehead atoms. The number of rotatable bonds is 8. The molecule has 1 N–H and O–H groups in total. The fourth-order valence-electron chi connectivity index (χ4n) is 2.11. The molecule has 1 aliphatic rings. The summed E-state index contributed by atoms with van der Waals surface area (Å²) >= 11 is 0. The number of halogens is 3. The van der Waals surface area contributed by atoms with Crippen LogP contribution in [0.15, 0.2) is 0 Å². The molecule has 1 heterocycles. The minimum absolute atomic E-state index is 0.0760. The molecule has 0 atom stereocenters. The van der Waals surface area contributed by atoms with Crippen LogP contribution in [0.3, 0.4) is 0 Å². The Morgan fingerprint density at radius 2 is 1.85 bits per heavy atom. The second kappa shape index (κ2) is 9.18. The summed E-state index contributed by atoms with van der Waals surface area (Å²) in [6, 6.07) is 0. The lowest BCUT2D eigenvalue weighted by Gasteiger charge is -2.26. The van der Waals surface area contributed by atoms with E-state index >= 15 is 0 Å². The quantitative estimate of drug-likeness (QED) is 0.696. The first kappa shape index (κ1) is 17.2. The summed E-state index contributed by atoms with van der Waals surface area (Å²) in [6.07, 6.45) is 0.0526. The van der Waals surface area contributed by atoms with E-state index < -0.39 is 12.8 Å². The highest BCUT2D eigenvalue weighted by molar-refractivity contribution is 5.76. The summed E-state index contributed by atoms with van der Waals surface area (Å²) in [5.74, 6) is 0.158. The number of hydrogen-bond donors (Lipinski definition) is 1. The second-order valence-corrected chi connectivity index (χ2v) is 4.96. The smallest absolute Gasteiger partial charge is 0.372 e. The molecule has 0 radical (unpaired) electrons. The monoisotopic (exact) mass is 296 g/mol. The maximum Gasteiger partial charge on any atom is 0.411 e. The lowest BCUT2D eigenvalue weighted by molar-refractivity contribution is -0.173. The highest BCUT2D eigenvalue weighted by Gasteiger charge is 2.27. The minimum Gasteiger partial charge on any atom is -0.372 e. The topological polar surface area (TPSA) is 41.6 Å². The van der Waals surface area contributed by atoms with Gasteiger partial charge in [-0.1, -0.05) is 0 Å². The molecule has 118 valence electrons. The van der Waals surface area contributed by atoms with Crippen LogP contribution < -0.4 is 5.32 Å². The van der Waals surface area contributed by atoms with Crippen molar-refractivity contribution < 1.29 is 22.7 Å². The Labute approximate surface area is 117 Å². The molecule has 1 amide bonds. The van der Waals surface area contributed by atoms with Crippen LogP contribution in [-0.4, -0.2) is 56.4 Å². The Bertz CT molecular complexity index is 279. The van der Waals surface area contributed by atoms with Crippen molar-refractivity contribution in [1.82, 2.24) is 10.2 Å². The standard InChI is InChI=1S/C13H23F3N2O2/c14-13(15,16)11-20-10-4-6-17-7-5-12(19)18-8-2-1-3-9-18/h17H,1-11H2. The molecule has 1 fully saturated rings. The summed E-state index contributed by atoms with van der Waals surface area (Å²) in [6.45, 7) is 1.71. The zero-order valence-corrected chi connectivity index (χ0v) is 11.7. The number of hydrogen-bond acceptors (Lipinski definition) is 3. The first-order chi connectivity index (χ1) is 9.49. The van der Waals surface area contributed by atoms with Gasteiger partial charge in [0.05, 0.1) is 0 Å². The predicted molar refractivity (Wildman–Crippen MR) is 69.4 cm³/mol. The fraction of sp³-hybridized carbons (Fsp3) is 0.923. The van der Waals surface area contributed by atoms with E-state index in [9.17, 15) is 18.0 Å². The van der Waals surface area contributed by atoms with Crippen molar-refractivity contribution in [2.45, 2.75) is 38.3 Å². The molecule has 0 saturated carbocycles. The van der Waals surface area contributed by atoms with E-state index in [4.69, 9.17) is 0 Å². The third-order valence-electron chi connectivity index (χ3n) is 3.13. The van der Waals surface area contributed by atoms with Gasteiger partial charge < -0.3 is 15.0 Å². The molecule has 0 aromatic rings. The number of piperidine rings is 1. The van der Waals surface area contributed by atoms with Crippen LogP contribution in [-0.2, 0) is 9.53 Å². The van der Waals surface area contributed by atoms with E-state index in [2.05, 4.69) is 10.1 Å². The average Bonchev–Trinajstić information content (AvgIpc) is 2.41. The van der Waals surface area contributed by atoms with Gasteiger partial charge in [-0.2, -0.15) is 13.2 Å². The van der Waals surface area contributed by atoms with E-state index in [-0.39, 0.29) is 12.5 Å². The van der Waals surface area contributed by atoms with Crippen LogP contribution in [0.5, 0.6) is 0 Å². The number of nitrogens with one attached hydrogen (secondary N) is 1. The number of ether oxygens (including phenoxy) is 1. The molecule has 7 heteroatoms. The first-order valence-corrected chi connectivity index (χ1v) is 7.12. The Kier molecular flexibility index (Phi) is 7.91. The van der Waals surface area contributed by atoms with Crippen molar-refractivity contribution in [3.63, 3.8) is 0 Å². The lowest BCUT2D eigenvalue weighted by Crippen LogP contribution is -2.37. The SMILES string of the molecule is O=C(CCNCCCOCC(F)(F)F)N1CCCCC1. The molecule has 20 heavy (non-hydrogen) atoms. The molecular weight excluding hydrogens is 273 g/mol. The fourth-order valence-corrected chi connectivity index (χ4v) is 2.11. The zero-order chi connectivity index (χ0) is 14.8. The molecule has 1 rings (SSSR count). The van der Waals surface area contributed by atoms with E-state index in [1.807, 2.05) is 4.90 Å². The Morgan fingerprint density at radius 3 is 2.50 bits per heavy atom. The van der Waals surface area contributed by atoms with Gasteiger partial charge in [0.2, 0.25) is 5.91 Å². The molecule has 0 spiro atoms. The zero-order valence-electron chi connectivity index (χ0n) is 11.7. The van der Waals surface area contributed by atoms with Gasteiger partial charge in [0, 0.05) is 32.7 Å². The summed E-state index contributed by atoms with van der Waals surface area (Å²) in [5.41, 5.74) is 0. The summed E-state index contributed by atoms with van der Waals surface area (Å²) < 4.78 is 39.8. The van der Waals surface area contributed by atoms with E-state index in [1.165, 1.54) is 6.42 Å². The van der Waals surface area contributed by atoms with Crippen LogP contribution in [0.25, 0.3) is 0 Å². The first-order valence-electron chi connectivity index (χ1n) is 7.12. The van der Waals surface area contributed by atoms with Gasteiger partial charge in [0.1, 0.15) is 6.61 Å². The largest absolute Gasteiger partial charge is 0.411 e. The molecule has 0 aliphatic carbocycles. The minimum atomic E-state index is -4.26. The van der Waals surface area contributed by atoms with Gasteiger partial charge in [-0.3, -0.25) is 4.79 Å². The number of nitrogens with zero attached hydrogens (tertiary/aromatic N) is 1. The third kappa shape index (κ3) is 8.37. The number of likely N-dealkylation sites (tertiary alicyclic amines) is 1. The van der Waals surface area contributed by atoms with Crippen molar-refractivity contribution >= 4 is 5.91 Å². The van der Waals surface area contributed by atoms with E-state index in [1.54, 1.807) is 0 Å². The van der Waals surface area contributed by atoms with Crippen molar-refractivity contribution in [2.24, 2.45) is 0 Å². The normalized spacial score (nSPS) is 16.4. The van der Waals surface area contributed by atoms with Crippen molar-refractivity contribution in [3.05, 3.63) is 0 Å². The van der Waals surface area contributed by atoms with Gasteiger partial charge in [-0.25, -0.2) is 0 Å². The molecule has 0 aromatic heterocycles. The summed E-state index contributed by atoms with van der Waals surface area (Å²) in [4.78, 5) is 13.7. The maximum atomic E-state index is 11.8. The molecule has 0 aromatic carbocycles. The van der Waals surface area contributed by atoms with Crippen LogP contribution >= 0.6 is 0 Å². The number of carbonyl (C=O) groups is 1. The van der Waals surface area contributed by atoms with Crippen LogP contribution in [0, 0.1) is 0 Å². The Balaban J connectivity index is 1.90. The second-order valence-electron chi connectivity index (χ2n) is 4.96. The van der Waals surface area contributed by atoms with E-state index in [0.29, 0.717) is 25.9 Å². The van der Waals surface area contributed by atoms with Crippen molar-refractivity contribution in [3.8, 4) is 0 Å². The van der Waals surface area contributed by atoms with Gasteiger partial charge in [0.25, 0.3) is 0 Å². The van der Waals surface area contributed by atoms with Gasteiger partial charge >= 0.3 is 6.18 Å². The highest BCUT2D eigenvalue weighted by Crippen LogP contribution is 2.14. The summed E-state index contributed by atoms with van der Waals surface area (Å²) in [5, 5.41) is 3.04. The van der Waals surface area contributed by atoms with Crippen LogP contribution in [0.2, 0.25) is 0 Å². The van der Waals surface area contributed by atoms with Crippen LogP contribution in [0.4, 0.5) is 13.2 Å². The van der Waals surface area contributed by atoms with Crippen molar-refractivity contribution in [2.75, 3.05) is 39.4 Å². The Morgan fingerprint density at radius 1 is 1.15 bits per heavy atom. The van der Waals surface area contributed by atoms with Crippen molar-refractivity contribution in [1.29, 1.82) is 0 Å². The predicted octanol–water partition coefficient (Wildman–Crippen LogP) is 1.95. The molecule has 4 nitrogen and oxygen atoms in total. The number of carbonyl (C=O) groups excluding carboxylic acids is 1. The molecule has 0 unspecified atom stereocenters. The highest BCUT2D eigenvalue weighted by atomic mass is 19.4. The third-order valence-corrected chi connectivity index (χ3v) is 3.13. The molecule has 1 saturated heterocycles. The van der Waals surface area contributed by atoms with Gasteiger partial charge in [-0.05, 0) is 32.2 Å². The summed E-state index contributed by atoms with van der Waals surface area (Å²) in [7, 11) is 0. The van der Waals surface area contributed by atoms with Crippen LogP contribution in [0.1, 0.15) is 32.1 Å². The van der Waals surface area contributed by atoms with E-state index in [0.717, 1.165) is 25.9 Å². The average molecular weight is 296 g/mol. The Hall–Kier alpha value is -0.820. The molecular formula is C13H23F3N2O2.